The van der Waals surface area contributed by atoms with E-state index < -0.39 is 0 Å². The minimum Gasteiger partial charge on any atom is -0.497 e. The van der Waals surface area contributed by atoms with E-state index in [9.17, 15) is 4.79 Å². The third kappa shape index (κ3) is 5.33. The fourth-order valence-electron chi connectivity index (χ4n) is 3.89. The first-order valence-electron chi connectivity index (χ1n) is 9.98. The molecule has 1 amide bonds. The molecular formula is C23H31N2O2+. The SMILES string of the molecule is CCN(Cc1ccccc1)C(=O)C1CC[NH+](Cc2ccc(OC)cc2)CC1. The summed E-state index contributed by atoms with van der Waals surface area (Å²) in [6.45, 7) is 6.70. The quantitative estimate of drug-likeness (QED) is 0.816. The molecule has 1 fully saturated rings. The third-order valence-electron chi connectivity index (χ3n) is 5.56. The number of carbonyl (C=O) groups is 1. The van der Waals surface area contributed by atoms with Gasteiger partial charge in [-0.15, -0.1) is 0 Å². The van der Waals surface area contributed by atoms with Crippen LogP contribution in [0.15, 0.2) is 54.6 Å². The van der Waals surface area contributed by atoms with Gasteiger partial charge in [0, 0.05) is 37.4 Å². The summed E-state index contributed by atoms with van der Waals surface area (Å²) in [5.74, 6) is 1.40. The second kappa shape index (κ2) is 9.56. The van der Waals surface area contributed by atoms with Gasteiger partial charge in [-0.25, -0.2) is 0 Å². The van der Waals surface area contributed by atoms with Crippen LogP contribution in [0.2, 0.25) is 0 Å². The monoisotopic (exact) mass is 367 g/mol. The lowest BCUT2D eigenvalue weighted by Gasteiger charge is -2.32. The Bertz CT molecular complexity index is 707. The number of hydrogen-bond donors (Lipinski definition) is 1. The van der Waals surface area contributed by atoms with Crippen LogP contribution in [0.1, 0.15) is 30.9 Å². The molecular weight excluding hydrogens is 336 g/mol. The molecule has 4 heteroatoms. The second-order valence-electron chi connectivity index (χ2n) is 7.39. The zero-order chi connectivity index (χ0) is 19.1. The Kier molecular flexibility index (Phi) is 6.88. The van der Waals surface area contributed by atoms with Crippen molar-refractivity contribution in [3.05, 3.63) is 65.7 Å². The molecule has 0 aliphatic carbocycles. The number of piperidine rings is 1. The topological polar surface area (TPSA) is 34.0 Å². The maximum Gasteiger partial charge on any atom is 0.226 e. The van der Waals surface area contributed by atoms with E-state index in [1.165, 1.54) is 11.1 Å². The van der Waals surface area contributed by atoms with Crippen molar-refractivity contribution in [1.29, 1.82) is 0 Å². The molecule has 4 nitrogen and oxygen atoms in total. The van der Waals surface area contributed by atoms with E-state index >= 15 is 0 Å². The van der Waals surface area contributed by atoms with Crippen molar-refractivity contribution in [3.63, 3.8) is 0 Å². The number of quaternary nitrogens is 1. The van der Waals surface area contributed by atoms with Crippen molar-refractivity contribution < 1.29 is 14.4 Å². The van der Waals surface area contributed by atoms with Crippen LogP contribution in [0.25, 0.3) is 0 Å². The fourth-order valence-corrected chi connectivity index (χ4v) is 3.89. The molecule has 2 aromatic carbocycles. The molecule has 0 spiro atoms. The zero-order valence-corrected chi connectivity index (χ0v) is 16.5. The van der Waals surface area contributed by atoms with Gasteiger partial charge in [0.05, 0.1) is 20.2 Å². The van der Waals surface area contributed by atoms with Crippen LogP contribution >= 0.6 is 0 Å². The lowest BCUT2D eigenvalue weighted by molar-refractivity contribution is -0.919. The van der Waals surface area contributed by atoms with Crippen molar-refractivity contribution in [3.8, 4) is 5.75 Å². The van der Waals surface area contributed by atoms with E-state index in [2.05, 4.69) is 31.2 Å². The normalized spacial score (nSPS) is 19.5. The molecule has 0 unspecified atom stereocenters. The van der Waals surface area contributed by atoms with Gasteiger partial charge in [-0.2, -0.15) is 0 Å². The Morgan fingerprint density at radius 1 is 1.04 bits per heavy atom. The van der Waals surface area contributed by atoms with Gasteiger partial charge in [0.2, 0.25) is 5.91 Å². The first-order chi connectivity index (χ1) is 13.2. The van der Waals surface area contributed by atoms with Crippen molar-refractivity contribution in [2.75, 3.05) is 26.7 Å². The number of rotatable bonds is 7. The van der Waals surface area contributed by atoms with Gasteiger partial charge >= 0.3 is 0 Å². The molecule has 27 heavy (non-hydrogen) atoms. The number of nitrogens with one attached hydrogen (secondary N) is 1. The summed E-state index contributed by atoms with van der Waals surface area (Å²) >= 11 is 0. The highest BCUT2D eigenvalue weighted by atomic mass is 16.5. The molecule has 0 saturated carbocycles. The molecule has 2 aromatic rings. The van der Waals surface area contributed by atoms with Gasteiger partial charge in [-0.3, -0.25) is 4.79 Å². The van der Waals surface area contributed by atoms with E-state index in [0.29, 0.717) is 5.91 Å². The van der Waals surface area contributed by atoms with E-state index in [1.54, 1.807) is 12.0 Å². The van der Waals surface area contributed by atoms with Crippen LogP contribution in [-0.2, 0) is 17.9 Å². The first-order valence-corrected chi connectivity index (χ1v) is 9.98. The Morgan fingerprint density at radius 3 is 2.30 bits per heavy atom. The average Bonchev–Trinajstić information content (AvgIpc) is 2.73. The lowest BCUT2D eigenvalue weighted by Crippen LogP contribution is -3.11. The Balaban J connectivity index is 1.50. The summed E-state index contributed by atoms with van der Waals surface area (Å²) in [6.07, 6.45) is 1.96. The van der Waals surface area contributed by atoms with Crippen molar-refractivity contribution in [1.82, 2.24) is 4.90 Å². The third-order valence-corrected chi connectivity index (χ3v) is 5.56. The van der Waals surface area contributed by atoms with Gasteiger partial charge in [-0.1, -0.05) is 30.3 Å². The number of amides is 1. The molecule has 1 aliphatic heterocycles. The number of carbonyl (C=O) groups excluding carboxylic acids is 1. The number of methoxy groups -OCH3 is 1. The molecule has 0 aromatic heterocycles. The summed E-state index contributed by atoms with van der Waals surface area (Å²) in [5.41, 5.74) is 2.53. The fraction of sp³-hybridized carbons (Fsp3) is 0.435. The second-order valence-corrected chi connectivity index (χ2v) is 7.39. The maximum absolute atomic E-state index is 13.0. The van der Waals surface area contributed by atoms with E-state index in [-0.39, 0.29) is 5.92 Å². The predicted molar refractivity (Wildman–Crippen MR) is 108 cm³/mol. The number of hydrogen-bond acceptors (Lipinski definition) is 2. The van der Waals surface area contributed by atoms with Gasteiger partial charge in [0.15, 0.2) is 0 Å². The Morgan fingerprint density at radius 2 is 1.70 bits per heavy atom. The summed E-state index contributed by atoms with van der Waals surface area (Å²) < 4.78 is 5.23. The van der Waals surface area contributed by atoms with Gasteiger partial charge in [0.1, 0.15) is 12.3 Å². The highest BCUT2D eigenvalue weighted by Gasteiger charge is 2.30. The molecule has 1 aliphatic rings. The lowest BCUT2D eigenvalue weighted by atomic mass is 9.94. The highest BCUT2D eigenvalue weighted by Crippen LogP contribution is 2.16. The van der Waals surface area contributed by atoms with Gasteiger partial charge in [0.25, 0.3) is 0 Å². The smallest absolute Gasteiger partial charge is 0.226 e. The summed E-state index contributed by atoms with van der Waals surface area (Å²) in [4.78, 5) is 16.5. The van der Waals surface area contributed by atoms with E-state index in [4.69, 9.17) is 4.74 Å². The van der Waals surface area contributed by atoms with Gasteiger partial charge in [-0.05, 0) is 36.8 Å². The highest BCUT2D eigenvalue weighted by molar-refractivity contribution is 5.78. The van der Waals surface area contributed by atoms with Crippen LogP contribution < -0.4 is 9.64 Å². The molecule has 1 heterocycles. The first kappa shape index (κ1) is 19.4. The van der Waals surface area contributed by atoms with Crippen molar-refractivity contribution >= 4 is 5.91 Å². The van der Waals surface area contributed by atoms with E-state index in [1.807, 2.05) is 35.2 Å². The molecule has 0 atom stereocenters. The summed E-state index contributed by atoms with van der Waals surface area (Å²) in [5, 5.41) is 0. The van der Waals surface area contributed by atoms with Crippen LogP contribution in [0, 0.1) is 5.92 Å². The molecule has 0 radical (unpaired) electrons. The predicted octanol–water partition coefficient (Wildman–Crippen LogP) is 2.54. The molecule has 0 bridgehead atoms. The summed E-state index contributed by atoms with van der Waals surface area (Å²) in [6, 6.07) is 18.6. The standard InChI is InChI=1S/C23H30N2O2/c1-3-25(18-19-7-5-4-6-8-19)23(26)21-13-15-24(16-14-21)17-20-9-11-22(27-2)12-10-20/h4-12,21H,3,13-18H2,1-2H3/p+1. The van der Waals surface area contributed by atoms with Crippen LogP contribution in [0.3, 0.4) is 0 Å². The maximum atomic E-state index is 13.0. The minimum atomic E-state index is 0.174. The number of ether oxygens (including phenoxy) is 1. The van der Waals surface area contributed by atoms with Crippen molar-refractivity contribution in [2.45, 2.75) is 32.9 Å². The molecule has 144 valence electrons. The number of nitrogens with zero attached hydrogens (tertiary/aromatic N) is 1. The van der Waals surface area contributed by atoms with Gasteiger partial charge < -0.3 is 14.5 Å². The van der Waals surface area contributed by atoms with Crippen molar-refractivity contribution in [2.24, 2.45) is 5.92 Å². The molecule has 3 rings (SSSR count). The Labute approximate surface area is 162 Å². The zero-order valence-electron chi connectivity index (χ0n) is 16.5. The average molecular weight is 368 g/mol. The van der Waals surface area contributed by atoms with Crippen LogP contribution in [0.4, 0.5) is 0 Å². The molecule has 1 saturated heterocycles. The van der Waals surface area contributed by atoms with E-state index in [0.717, 1.165) is 51.3 Å². The minimum absolute atomic E-state index is 0.174. The van der Waals surface area contributed by atoms with Crippen LogP contribution in [0.5, 0.6) is 5.75 Å². The number of benzene rings is 2. The Hall–Kier alpha value is -2.33. The number of likely N-dealkylation sites (tertiary alicyclic amines) is 1. The summed E-state index contributed by atoms with van der Waals surface area (Å²) in [7, 11) is 1.69. The van der Waals surface area contributed by atoms with Crippen LogP contribution in [-0.4, -0.2) is 37.6 Å². The molecule has 1 N–H and O–H groups in total. The largest absolute Gasteiger partial charge is 0.497 e.